The van der Waals surface area contributed by atoms with Crippen molar-refractivity contribution in [2.45, 2.75) is 19.3 Å². The Bertz CT molecular complexity index is 727. The standard InChI is InChI=1S/C16H18BrN3O3/c1-9-13-14(19-18-9)16(21)20(8-12(22-2)23-3)15(13)10-5-4-6-11(17)7-10/h4-7,12,15H,8H2,1-3H3,(H,18,19). The molecule has 0 spiro atoms. The van der Waals surface area contributed by atoms with Crippen molar-refractivity contribution in [3.05, 3.63) is 51.3 Å². The molecule has 1 atom stereocenters. The topological polar surface area (TPSA) is 67.5 Å². The van der Waals surface area contributed by atoms with Gasteiger partial charge in [0.25, 0.3) is 5.91 Å². The van der Waals surface area contributed by atoms with E-state index >= 15 is 0 Å². The van der Waals surface area contributed by atoms with E-state index in [9.17, 15) is 4.79 Å². The van der Waals surface area contributed by atoms with Crippen molar-refractivity contribution in [3.63, 3.8) is 0 Å². The number of rotatable bonds is 5. The van der Waals surface area contributed by atoms with Gasteiger partial charge in [-0.1, -0.05) is 28.1 Å². The zero-order chi connectivity index (χ0) is 16.6. The second kappa shape index (κ2) is 6.43. The Kier molecular flexibility index (Phi) is 4.52. The predicted molar refractivity (Wildman–Crippen MR) is 88.2 cm³/mol. The summed E-state index contributed by atoms with van der Waals surface area (Å²) in [7, 11) is 3.13. The average molecular weight is 380 g/mol. The number of nitrogens with one attached hydrogen (secondary N) is 1. The quantitative estimate of drug-likeness (QED) is 0.810. The SMILES string of the molecule is COC(CN1C(=O)c2n[nH]c(C)c2C1c1cccc(Br)c1)OC. The van der Waals surface area contributed by atoms with Crippen LogP contribution in [-0.4, -0.2) is 48.1 Å². The number of hydrogen-bond donors (Lipinski definition) is 1. The number of aryl methyl sites for hydroxylation is 1. The first-order valence-electron chi connectivity index (χ1n) is 7.23. The van der Waals surface area contributed by atoms with Gasteiger partial charge in [0, 0.05) is 29.9 Å². The predicted octanol–water partition coefficient (Wildman–Crippen LogP) is 2.64. The van der Waals surface area contributed by atoms with Crippen LogP contribution in [0.4, 0.5) is 0 Å². The number of halogens is 1. The van der Waals surface area contributed by atoms with Crippen LogP contribution in [0.2, 0.25) is 0 Å². The number of ether oxygens (including phenoxy) is 2. The first kappa shape index (κ1) is 16.2. The van der Waals surface area contributed by atoms with Crippen molar-refractivity contribution in [1.29, 1.82) is 0 Å². The number of carbonyl (C=O) groups is 1. The molecule has 122 valence electrons. The van der Waals surface area contributed by atoms with Gasteiger partial charge >= 0.3 is 0 Å². The van der Waals surface area contributed by atoms with Crippen molar-refractivity contribution in [1.82, 2.24) is 15.1 Å². The van der Waals surface area contributed by atoms with Crippen LogP contribution in [0.25, 0.3) is 0 Å². The zero-order valence-electron chi connectivity index (χ0n) is 13.2. The highest BCUT2D eigenvalue weighted by atomic mass is 79.9. The third-order valence-electron chi connectivity index (χ3n) is 4.08. The molecule has 7 heteroatoms. The van der Waals surface area contributed by atoms with Gasteiger partial charge in [-0.2, -0.15) is 5.10 Å². The molecule has 1 amide bonds. The number of benzene rings is 1. The molecule has 3 rings (SSSR count). The van der Waals surface area contributed by atoms with Crippen LogP contribution in [-0.2, 0) is 9.47 Å². The van der Waals surface area contributed by atoms with E-state index in [0.717, 1.165) is 21.3 Å². The molecule has 1 aliphatic heterocycles. The lowest BCUT2D eigenvalue weighted by atomic mass is 9.99. The lowest BCUT2D eigenvalue weighted by Crippen LogP contribution is -2.38. The summed E-state index contributed by atoms with van der Waals surface area (Å²) in [6.07, 6.45) is -0.484. The van der Waals surface area contributed by atoms with Gasteiger partial charge in [0.15, 0.2) is 12.0 Å². The van der Waals surface area contributed by atoms with Gasteiger partial charge in [-0.25, -0.2) is 0 Å². The molecule has 2 heterocycles. The number of methoxy groups -OCH3 is 2. The Balaban J connectivity index is 2.06. The van der Waals surface area contributed by atoms with E-state index in [2.05, 4.69) is 26.1 Å². The van der Waals surface area contributed by atoms with Gasteiger partial charge in [-0.15, -0.1) is 0 Å². The number of hydrogen-bond acceptors (Lipinski definition) is 4. The van der Waals surface area contributed by atoms with E-state index in [1.807, 2.05) is 31.2 Å². The highest BCUT2D eigenvalue weighted by Gasteiger charge is 2.42. The van der Waals surface area contributed by atoms with Crippen LogP contribution < -0.4 is 0 Å². The summed E-state index contributed by atoms with van der Waals surface area (Å²) in [6, 6.07) is 7.73. The maximum absolute atomic E-state index is 12.8. The van der Waals surface area contributed by atoms with Crippen LogP contribution in [0.5, 0.6) is 0 Å². The van der Waals surface area contributed by atoms with E-state index < -0.39 is 6.29 Å². The molecular weight excluding hydrogens is 362 g/mol. The van der Waals surface area contributed by atoms with Crippen molar-refractivity contribution in [2.24, 2.45) is 0 Å². The lowest BCUT2D eigenvalue weighted by Gasteiger charge is -2.29. The first-order chi connectivity index (χ1) is 11.1. The van der Waals surface area contributed by atoms with Gasteiger partial charge < -0.3 is 14.4 Å². The highest BCUT2D eigenvalue weighted by molar-refractivity contribution is 9.10. The fraction of sp³-hybridized carbons (Fsp3) is 0.375. The molecule has 1 aromatic carbocycles. The van der Waals surface area contributed by atoms with Crippen molar-refractivity contribution in [3.8, 4) is 0 Å². The van der Waals surface area contributed by atoms with E-state index in [4.69, 9.17) is 9.47 Å². The van der Waals surface area contributed by atoms with Crippen molar-refractivity contribution in [2.75, 3.05) is 20.8 Å². The van der Waals surface area contributed by atoms with Gasteiger partial charge in [0.1, 0.15) is 0 Å². The minimum atomic E-state index is -0.484. The van der Waals surface area contributed by atoms with Gasteiger partial charge in [0.2, 0.25) is 0 Å². The Labute approximate surface area is 142 Å². The Hall–Kier alpha value is -1.70. The summed E-state index contributed by atoms with van der Waals surface area (Å²) in [4.78, 5) is 14.5. The fourth-order valence-electron chi connectivity index (χ4n) is 2.96. The van der Waals surface area contributed by atoms with Gasteiger partial charge in [-0.05, 0) is 24.6 Å². The molecule has 0 radical (unpaired) electrons. The molecule has 1 unspecified atom stereocenters. The van der Waals surface area contributed by atoms with Crippen LogP contribution in [0.3, 0.4) is 0 Å². The van der Waals surface area contributed by atoms with Crippen molar-refractivity contribution >= 4 is 21.8 Å². The minimum absolute atomic E-state index is 0.117. The summed E-state index contributed by atoms with van der Waals surface area (Å²) in [5, 5.41) is 7.09. The van der Waals surface area contributed by atoms with Crippen LogP contribution >= 0.6 is 15.9 Å². The third-order valence-corrected chi connectivity index (χ3v) is 4.57. The number of nitrogens with zero attached hydrogens (tertiary/aromatic N) is 2. The fourth-order valence-corrected chi connectivity index (χ4v) is 3.38. The second-order valence-electron chi connectivity index (χ2n) is 5.43. The van der Waals surface area contributed by atoms with Crippen LogP contribution in [0, 0.1) is 6.92 Å². The van der Waals surface area contributed by atoms with E-state index in [1.165, 1.54) is 0 Å². The highest BCUT2D eigenvalue weighted by Crippen LogP contribution is 2.40. The summed E-state index contributed by atoms with van der Waals surface area (Å²) >= 11 is 3.50. The molecule has 0 fully saturated rings. The lowest BCUT2D eigenvalue weighted by molar-refractivity contribution is -0.113. The maximum Gasteiger partial charge on any atom is 0.275 e. The van der Waals surface area contributed by atoms with E-state index in [-0.39, 0.29) is 11.9 Å². The number of fused-ring (bicyclic) bond motifs is 1. The molecular formula is C16H18BrN3O3. The number of aromatic amines is 1. The number of H-pyrrole nitrogens is 1. The Morgan fingerprint density at radius 2 is 2.13 bits per heavy atom. The summed E-state index contributed by atoms with van der Waals surface area (Å²) in [6.45, 7) is 2.26. The molecule has 2 aromatic rings. The Morgan fingerprint density at radius 1 is 1.39 bits per heavy atom. The third kappa shape index (κ3) is 2.80. The molecule has 1 aromatic heterocycles. The normalized spacial score (nSPS) is 17.2. The molecule has 1 N–H and O–H groups in total. The monoisotopic (exact) mass is 379 g/mol. The number of carbonyl (C=O) groups excluding carboxylic acids is 1. The first-order valence-corrected chi connectivity index (χ1v) is 8.03. The van der Waals surface area contributed by atoms with E-state index in [0.29, 0.717) is 12.2 Å². The molecule has 6 nitrogen and oxygen atoms in total. The second-order valence-corrected chi connectivity index (χ2v) is 6.34. The Morgan fingerprint density at radius 3 is 2.78 bits per heavy atom. The minimum Gasteiger partial charge on any atom is -0.354 e. The van der Waals surface area contributed by atoms with Crippen LogP contribution in [0.15, 0.2) is 28.7 Å². The summed E-state index contributed by atoms with van der Waals surface area (Å²) < 4.78 is 11.5. The molecule has 0 aliphatic carbocycles. The molecule has 0 saturated carbocycles. The number of aromatic nitrogens is 2. The van der Waals surface area contributed by atoms with Gasteiger partial charge in [-0.3, -0.25) is 9.89 Å². The molecule has 0 bridgehead atoms. The maximum atomic E-state index is 12.8. The van der Waals surface area contributed by atoms with Crippen molar-refractivity contribution < 1.29 is 14.3 Å². The zero-order valence-corrected chi connectivity index (χ0v) is 14.8. The smallest absolute Gasteiger partial charge is 0.275 e. The molecule has 0 saturated heterocycles. The summed E-state index contributed by atoms with van der Waals surface area (Å²) in [5.41, 5.74) is 3.30. The van der Waals surface area contributed by atoms with Gasteiger partial charge in [0.05, 0.1) is 12.6 Å². The molecule has 23 heavy (non-hydrogen) atoms. The average Bonchev–Trinajstić information content (AvgIpc) is 3.04. The number of amides is 1. The molecule has 1 aliphatic rings. The summed E-state index contributed by atoms with van der Waals surface area (Å²) in [5.74, 6) is -0.117. The largest absolute Gasteiger partial charge is 0.354 e. The van der Waals surface area contributed by atoms with E-state index in [1.54, 1.807) is 19.1 Å². The van der Waals surface area contributed by atoms with Crippen LogP contribution in [0.1, 0.15) is 33.4 Å².